The molecular weight excluding hydrogens is 214 g/mol. The van der Waals surface area contributed by atoms with Gasteiger partial charge in [-0.05, 0) is 36.8 Å². The summed E-state index contributed by atoms with van der Waals surface area (Å²) in [7, 11) is 0. The second-order valence-corrected chi connectivity index (χ2v) is 5.04. The van der Waals surface area contributed by atoms with Crippen LogP contribution in [0.25, 0.3) is 0 Å². The van der Waals surface area contributed by atoms with Crippen molar-refractivity contribution in [2.24, 2.45) is 5.92 Å². The molecule has 1 aliphatic heterocycles. The van der Waals surface area contributed by atoms with E-state index in [0.717, 1.165) is 38.2 Å². The number of hydrogen-bond donors (Lipinski definition) is 0. The fourth-order valence-electron chi connectivity index (χ4n) is 2.90. The van der Waals surface area contributed by atoms with Gasteiger partial charge in [0.1, 0.15) is 5.78 Å². The van der Waals surface area contributed by atoms with E-state index in [0.29, 0.717) is 18.1 Å². The number of nitrogens with zero attached hydrogens (tertiary/aromatic N) is 1. The molecule has 1 aliphatic carbocycles. The van der Waals surface area contributed by atoms with Crippen LogP contribution >= 0.6 is 0 Å². The van der Waals surface area contributed by atoms with Crippen LogP contribution in [0.3, 0.4) is 0 Å². The highest BCUT2D eigenvalue weighted by Crippen LogP contribution is 2.34. The van der Waals surface area contributed by atoms with Gasteiger partial charge in [0.25, 0.3) is 0 Å². The summed E-state index contributed by atoms with van der Waals surface area (Å²) in [5.41, 5.74) is 2.28. The van der Waals surface area contributed by atoms with Gasteiger partial charge in [0.15, 0.2) is 0 Å². The number of rotatable bonds is 3. The average Bonchev–Trinajstić information content (AvgIpc) is 2.96. The predicted octanol–water partition coefficient (Wildman–Crippen LogP) is 2.11. The second kappa shape index (κ2) is 4.57. The lowest BCUT2D eigenvalue weighted by molar-refractivity contribution is -0.121. The zero-order valence-electron chi connectivity index (χ0n) is 9.89. The molecule has 1 saturated heterocycles. The third-order valence-corrected chi connectivity index (χ3v) is 3.86. The van der Waals surface area contributed by atoms with Gasteiger partial charge in [-0.3, -0.25) is 9.78 Å². The van der Waals surface area contributed by atoms with Crippen LogP contribution < -0.4 is 0 Å². The van der Waals surface area contributed by atoms with Gasteiger partial charge < -0.3 is 4.74 Å². The SMILES string of the molecule is O=C(CC1CCOC1)C1CCc2cccnc21. The first-order valence-corrected chi connectivity index (χ1v) is 6.39. The lowest BCUT2D eigenvalue weighted by atomic mass is 9.92. The first-order valence-electron chi connectivity index (χ1n) is 6.39. The molecule has 3 nitrogen and oxygen atoms in total. The fraction of sp³-hybridized carbons (Fsp3) is 0.571. The summed E-state index contributed by atoms with van der Waals surface area (Å²) < 4.78 is 5.32. The Labute approximate surface area is 101 Å². The maximum Gasteiger partial charge on any atom is 0.142 e. The van der Waals surface area contributed by atoms with Gasteiger partial charge in [-0.15, -0.1) is 0 Å². The zero-order chi connectivity index (χ0) is 11.7. The Kier molecular flexibility index (Phi) is 2.93. The number of fused-ring (bicyclic) bond motifs is 1. The molecular formula is C14H17NO2. The summed E-state index contributed by atoms with van der Waals surface area (Å²) in [5.74, 6) is 0.847. The standard InChI is InChI=1S/C14H17NO2/c16-13(8-10-5-7-17-9-10)12-4-3-11-2-1-6-15-14(11)12/h1-2,6,10,12H,3-5,7-9H2. The van der Waals surface area contributed by atoms with Gasteiger partial charge in [0, 0.05) is 25.8 Å². The van der Waals surface area contributed by atoms with Crippen LogP contribution in [0.2, 0.25) is 0 Å². The molecule has 0 radical (unpaired) electrons. The Balaban J connectivity index is 1.71. The Morgan fingerprint density at radius 3 is 3.24 bits per heavy atom. The summed E-state index contributed by atoms with van der Waals surface area (Å²) in [6.45, 7) is 1.57. The topological polar surface area (TPSA) is 39.2 Å². The van der Waals surface area contributed by atoms with Crippen molar-refractivity contribution in [3.63, 3.8) is 0 Å². The van der Waals surface area contributed by atoms with Gasteiger partial charge >= 0.3 is 0 Å². The Morgan fingerprint density at radius 1 is 1.47 bits per heavy atom. The van der Waals surface area contributed by atoms with Crippen LogP contribution in [-0.4, -0.2) is 24.0 Å². The van der Waals surface area contributed by atoms with Crippen molar-refractivity contribution in [2.45, 2.75) is 31.6 Å². The first kappa shape index (κ1) is 10.9. The van der Waals surface area contributed by atoms with E-state index in [4.69, 9.17) is 4.74 Å². The second-order valence-electron chi connectivity index (χ2n) is 5.04. The van der Waals surface area contributed by atoms with E-state index < -0.39 is 0 Å². The van der Waals surface area contributed by atoms with Gasteiger partial charge in [-0.1, -0.05) is 6.07 Å². The lowest BCUT2D eigenvalue weighted by Gasteiger charge is -2.12. The highest BCUT2D eigenvalue weighted by atomic mass is 16.5. The molecule has 0 N–H and O–H groups in total. The van der Waals surface area contributed by atoms with Gasteiger partial charge in [0.2, 0.25) is 0 Å². The van der Waals surface area contributed by atoms with Crippen molar-refractivity contribution in [3.05, 3.63) is 29.6 Å². The van der Waals surface area contributed by atoms with Crippen molar-refractivity contribution in [1.29, 1.82) is 0 Å². The van der Waals surface area contributed by atoms with E-state index in [1.807, 2.05) is 6.07 Å². The number of ketones is 1. The predicted molar refractivity (Wildman–Crippen MR) is 63.8 cm³/mol. The summed E-state index contributed by atoms with van der Waals surface area (Å²) in [5, 5.41) is 0. The molecule has 0 bridgehead atoms. The number of carbonyl (C=O) groups is 1. The molecule has 17 heavy (non-hydrogen) atoms. The maximum atomic E-state index is 12.3. The number of pyridine rings is 1. The average molecular weight is 231 g/mol. The number of ether oxygens (including phenoxy) is 1. The zero-order valence-corrected chi connectivity index (χ0v) is 9.89. The molecule has 0 aromatic carbocycles. The monoisotopic (exact) mass is 231 g/mol. The van der Waals surface area contributed by atoms with Crippen LogP contribution in [0.15, 0.2) is 18.3 Å². The van der Waals surface area contributed by atoms with Crippen LogP contribution in [0.1, 0.15) is 36.4 Å². The minimum Gasteiger partial charge on any atom is -0.381 e. The molecule has 1 aromatic heterocycles. The quantitative estimate of drug-likeness (QED) is 0.799. The van der Waals surface area contributed by atoms with Crippen LogP contribution in [-0.2, 0) is 16.0 Å². The van der Waals surface area contributed by atoms with Gasteiger partial charge in [0.05, 0.1) is 11.6 Å². The summed E-state index contributed by atoms with van der Waals surface area (Å²) in [6.07, 6.45) is 5.44. The van der Waals surface area contributed by atoms with Crippen molar-refractivity contribution in [2.75, 3.05) is 13.2 Å². The van der Waals surface area contributed by atoms with E-state index >= 15 is 0 Å². The minimum absolute atomic E-state index is 0.0480. The van der Waals surface area contributed by atoms with E-state index in [9.17, 15) is 4.79 Å². The fourth-order valence-corrected chi connectivity index (χ4v) is 2.90. The molecule has 90 valence electrons. The van der Waals surface area contributed by atoms with E-state index in [1.54, 1.807) is 6.20 Å². The summed E-state index contributed by atoms with van der Waals surface area (Å²) >= 11 is 0. The third-order valence-electron chi connectivity index (χ3n) is 3.86. The molecule has 1 aromatic rings. The normalized spacial score (nSPS) is 27.1. The number of hydrogen-bond acceptors (Lipinski definition) is 3. The summed E-state index contributed by atoms with van der Waals surface area (Å²) in [4.78, 5) is 16.7. The molecule has 0 saturated carbocycles. The van der Waals surface area contributed by atoms with Gasteiger partial charge in [-0.2, -0.15) is 0 Å². The third kappa shape index (κ3) is 2.12. The Hall–Kier alpha value is -1.22. The van der Waals surface area contributed by atoms with Crippen molar-refractivity contribution in [1.82, 2.24) is 4.98 Å². The van der Waals surface area contributed by atoms with Crippen molar-refractivity contribution >= 4 is 5.78 Å². The maximum absolute atomic E-state index is 12.3. The molecule has 2 unspecified atom stereocenters. The van der Waals surface area contributed by atoms with Crippen LogP contribution in [0.4, 0.5) is 0 Å². The molecule has 0 spiro atoms. The number of carbonyl (C=O) groups excluding carboxylic acids is 1. The van der Waals surface area contributed by atoms with E-state index in [-0.39, 0.29) is 5.92 Å². The van der Waals surface area contributed by atoms with E-state index in [1.165, 1.54) is 5.56 Å². The number of aromatic nitrogens is 1. The van der Waals surface area contributed by atoms with E-state index in [2.05, 4.69) is 11.1 Å². The van der Waals surface area contributed by atoms with Crippen LogP contribution in [0, 0.1) is 5.92 Å². The number of Topliss-reactive ketones (excluding diaryl/α,β-unsaturated/α-hetero) is 1. The Bertz CT molecular complexity index is 424. The molecule has 2 aliphatic rings. The molecule has 3 rings (SSSR count). The summed E-state index contributed by atoms with van der Waals surface area (Å²) in [6, 6.07) is 4.05. The number of aryl methyl sites for hydroxylation is 1. The van der Waals surface area contributed by atoms with Crippen molar-refractivity contribution in [3.8, 4) is 0 Å². The lowest BCUT2D eigenvalue weighted by Crippen LogP contribution is -2.15. The molecule has 1 fully saturated rings. The molecule has 2 heterocycles. The highest BCUT2D eigenvalue weighted by molar-refractivity contribution is 5.86. The smallest absolute Gasteiger partial charge is 0.142 e. The molecule has 0 amide bonds. The van der Waals surface area contributed by atoms with Crippen molar-refractivity contribution < 1.29 is 9.53 Å². The first-order chi connectivity index (χ1) is 8.34. The molecule has 2 atom stereocenters. The largest absolute Gasteiger partial charge is 0.381 e. The van der Waals surface area contributed by atoms with Crippen LogP contribution in [0.5, 0.6) is 0 Å². The highest BCUT2D eigenvalue weighted by Gasteiger charge is 2.31. The molecule has 3 heteroatoms. The van der Waals surface area contributed by atoms with Gasteiger partial charge in [-0.25, -0.2) is 0 Å². The Morgan fingerprint density at radius 2 is 2.41 bits per heavy atom. The minimum atomic E-state index is 0.0480.